The number of hydrogen-bond donors (Lipinski definition) is 1. The number of fused-ring (bicyclic) bond motifs is 1. The molecule has 192 valence electrons. The number of anilines is 1. The molecule has 37 heavy (non-hydrogen) atoms. The van der Waals surface area contributed by atoms with E-state index in [1.165, 1.54) is 6.26 Å². The lowest BCUT2D eigenvalue weighted by Gasteiger charge is -2.19. The van der Waals surface area contributed by atoms with Crippen LogP contribution < -0.4 is 14.9 Å². The third kappa shape index (κ3) is 6.77. The Morgan fingerprint density at radius 1 is 1.00 bits per heavy atom. The van der Waals surface area contributed by atoms with Crippen molar-refractivity contribution in [2.75, 3.05) is 11.0 Å². The molecule has 0 amide bonds. The van der Waals surface area contributed by atoms with Crippen molar-refractivity contribution in [2.24, 2.45) is 0 Å². The molecule has 0 spiro atoms. The van der Waals surface area contributed by atoms with E-state index < -0.39 is 21.6 Å². The number of nitrogens with one attached hydrogen (secondary N) is 1. The maximum Gasteiger partial charge on any atom is 0.338 e. The van der Waals surface area contributed by atoms with Crippen LogP contribution in [0.15, 0.2) is 82.2 Å². The second-order valence-electron chi connectivity index (χ2n) is 9.58. The molecule has 0 saturated carbocycles. The molecule has 0 atom stereocenters. The Morgan fingerprint density at radius 3 is 2.41 bits per heavy atom. The van der Waals surface area contributed by atoms with Crippen LogP contribution in [-0.2, 0) is 21.4 Å². The van der Waals surface area contributed by atoms with E-state index >= 15 is 0 Å². The fraction of sp³-hybridized carbons (Fsp3) is 0.214. The van der Waals surface area contributed by atoms with Crippen LogP contribution >= 0.6 is 0 Å². The molecule has 0 bridgehead atoms. The summed E-state index contributed by atoms with van der Waals surface area (Å²) in [6.07, 6.45) is 2.44. The predicted molar refractivity (Wildman–Crippen MR) is 142 cm³/mol. The number of benzene rings is 3. The van der Waals surface area contributed by atoms with Crippen molar-refractivity contribution < 1.29 is 27.1 Å². The Bertz CT molecular complexity index is 1620. The highest BCUT2D eigenvalue weighted by molar-refractivity contribution is 7.92. The monoisotopic (exact) mass is 521 g/mol. The van der Waals surface area contributed by atoms with Gasteiger partial charge in [0.05, 0.1) is 22.8 Å². The van der Waals surface area contributed by atoms with Gasteiger partial charge in [-0.15, -0.1) is 0 Å². The Balaban J connectivity index is 1.50. The summed E-state index contributed by atoms with van der Waals surface area (Å²) in [6.45, 7) is 5.65. The van der Waals surface area contributed by atoms with Gasteiger partial charge in [-0.05, 0) is 68.3 Å². The van der Waals surface area contributed by atoms with Gasteiger partial charge in [-0.25, -0.2) is 13.2 Å². The van der Waals surface area contributed by atoms with Crippen LogP contribution in [0.25, 0.3) is 22.1 Å². The first kappa shape index (κ1) is 26.0. The van der Waals surface area contributed by atoms with Gasteiger partial charge < -0.3 is 13.9 Å². The Morgan fingerprint density at radius 2 is 1.73 bits per heavy atom. The SMILES string of the molecule is CC(C)(C)OC(=O)c1cccc(COc2ccc3c(=O)c(-c4ccc(NS(C)(=O)=O)cc4)coc3c2)c1. The molecule has 0 aliphatic carbocycles. The molecular formula is C28H27NO7S. The molecule has 0 fully saturated rings. The lowest BCUT2D eigenvalue weighted by molar-refractivity contribution is 0.00693. The molecule has 1 N–H and O–H groups in total. The topological polar surface area (TPSA) is 112 Å². The van der Waals surface area contributed by atoms with Crippen LogP contribution in [0, 0.1) is 0 Å². The van der Waals surface area contributed by atoms with Crippen LogP contribution in [0.4, 0.5) is 5.69 Å². The summed E-state index contributed by atoms with van der Waals surface area (Å²) in [6, 6.07) is 18.4. The number of esters is 1. The lowest BCUT2D eigenvalue weighted by Crippen LogP contribution is -2.23. The van der Waals surface area contributed by atoms with Crippen molar-refractivity contribution in [1.29, 1.82) is 0 Å². The van der Waals surface area contributed by atoms with E-state index in [1.54, 1.807) is 60.7 Å². The summed E-state index contributed by atoms with van der Waals surface area (Å²) in [7, 11) is -3.39. The van der Waals surface area contributed by atoms with Crippen molar-refractivity contribution in [3.8, 4) is 16.9 Å². The van der Waals surface area contributed by atoms with Gasteiger partial charge in [0, 0.05) is 11.8 Å². The first-order valence-corrected chi connectivity index (χ1v) is 13.4. The summed E-state index contributed by atoms with van der Waals surface area (Å²) >= 11 is 0. The second-order valence-corrected chi connectivity index (χ2v) is 11.3. The molecule has 1 aromatic heterocycles. The molecule has 3 aromatic carbocycles. The largest absolute Gasteiger partial charge is 0.489 e. The first-order valence-electron chi connectivity index (χ1n) is 11.5. The number of carbonyl (C=O) groups is 1. The minimum atomic E-state index is -3.39. The van der Waals surface area contributed by atoms with Crippen molar-refractivity contribution in [1.82, 2.24) is 0 Å². The Labute approximate surface area is 214 Å². The van der Waals surface area contributed by atoms with E-state index in [4.69, 9.17) is 13.9 Å². The maximum absolute atomic E-state index is 13.1. The van der Waals surface area contributed by atoms with Gasteiger partial charge in [0.1, 0.15) is 29.8 Å². The smallest absolute Gasteiger partial charge is 0.338 e. The summed E-state index contributed by atoms with van der Waals surface area (Å²) < 4.78 is 42.2. The third-order valence-corrected chi connectivity index (χ3v) is 5.82. The van der Waals surface area contributed by atoms with Crippen molar-refractivity contribution in [2.45, 2.75) is 33.0 Å². The van der Waals surface area contributed by atoms with E-state index in [1.807, 2.05) is 26.8 Å². The summed E-state index contributed by atoms with van der Waals surface area (Å²) in [5, 5.41) is 0.384. The molecule has 8 nitrogen and oxygen atoms in total. The number of carbonyl (C=O) groups excluding carboxylic acids is 1. The van der Waals surface area contributed by atoms with Crippen LogP contribution in [-0.4, -0.2) is 26.2 Å². The van der Waals surface area contributed by atoms with E-state index in [0.717, 1.165) is 11.8 Å². The molecule has 4 aromatic rings. The van der Waals surface area contributed by atoms with Gasteiger partial charge in [-0.2, -0.15) is 0 Å². The maximum atomic E-state index is 13.1. The van der Waals surface area contributed by atoms with Gasteiger partial charge in [-0.1, -0.05) is 24.3 Å². The molecule has 0 unspecified atom stereocenters. The zero-order valence-electron chi connectivity index (χ0n) is 20.9. The number of hydrogen-bond acceptors (Lipinski definition) is 7. The van der Waals surface area contributed by atoms with Crippen LogP contribution in [0.5, 0.6) is 5.75 Å². The molecular weight excluding hydrogens is 494 g/mol. The average Bonchev–Trinajstić information content (AvgIpc) is 2.82. The highest BCUT2D eigenvalue weighted by atomic mass is 32.2. The molecule has 0 aliphatic heterocycles. The molecule has 9 heteroatoms. The highest BCUT2D eigenvalue weighted by Gasteiger charge is 2.18. The van der Waals surface area contributed by atoms with Crippen molar-refractivity contribution >= 4 is 32.6 Å². The highest BCUT2D eigenvalue weighted by Crippen LogP contribution is 2.25. The fourth-order valence-electron chi connectivity index (χ4n) is 3.62. The minimum Gasteiger partial charge on any atom is -0.489 e. The average molecular weight is 522 g/mol. The van der Waals surface area contributed by atoms with Crippen LogP contribution in [0.2, 0.25) is 0 Å². The number of rotatable bonds is 7. The zero-order chi connectivity index (χ0) is 26.8. The van der Waals surface area contributed by atoms with Gasteiger partial charge in [0.2, 0.25) is 10.0 Å². The molecule has 0 aliphatic rings. The summed E-state index contributed by atoms with van der Waals surface area (Å²) in [5.41, 5.74) is 2.13. The predicted octanol–water partition coefficient (Wildman–Crippen LogP) is 5.37. The molecule has 0 saturated heterocycles. The van der Waals surface area contributed by atoms with E-state index in [0.29, 0.717) is 39.1 Å². The quantitative estimate of drug-likeness (QED) is 0.326. The minimum absolute atomic E-state index is 0.207. The standard InChI is InChI=1S/C28H27NO7S/c1-28(2,3)36-27(31)20-7-5-6-18(14-20)16-34-22-12-13-23-25(15-22)35-17-24(26(23)30)19-8-10-21(11-9-19)29-37(4,32)33/h5-15,17,29H,16H2,1-4H3. The van der Waals surface area contributed by atoms with Crippen LogP contribution in [0.1, 0.15) is 36.7 Å². The van der Waals surface area contributed by atoms with Gasteiger partial charge in [0.25, 0.3) is 0 Å². The molecule has 4 rings (SSSR count). The van der Waals surface area contributed by atoms with E-state index in [2.05, 4.69) is 4.72 Å². The molecule has 1 heterocycles. The Hall–Kier alpha value is -4.11. The lowest BCUT2D eigenvalue weighted by atomic mass is 10.1. The number of ether oxygens (including phenoxy) is 2. The van der Waals surface area contributed by atoms with E-state index in [9.17, 15) is 18.0 Å². The summed E-state index contributed by atoms with van der Waals surface area (Å²) in [5.74, 6) is 0.0983. The van der Waals surface area contributed by atoms with Crippen molar-refractivity contribution in [3.05, 3.63) is 94.3 Å². The second kappa shape index (κ2) is 10.1. The fourth-order valence-corrected chi connectivity index (χ4v) is 4.19. The van der Waals surface area contributed by atoms with Gasteiger partial charge >= 0.3 is 5.97 Å². The normalized spacial score (nSPS) is 11.8. The third-order valence-electron chi connectivity index (χ3n) is 5.21. The van der Waals surface area contributed by atoms with E-state index in [-0.39, 0.29) is 12.0 Å². The zero-order valence-corrected chi connectivity index (χ0v) is 21.7. The molecule has 0 radical (unpaired) electrons. The van der Waals surface area contributed by atoms with Gasteiger partial charge in [-0.3, -0.25) is 9.52 Å². The Kier molecular flexibility index (Phi) is 7.09. The van der Waals surface area contributed by atoms with Gasteiger partial charge in [0.15, 0.2) is 5.43 Å². The number of sulfonamides is 1. The van der Waals surface area contributed by atoms with Crippen molar-refractivity contribution in [3.63, 3.8) is 0 Å². The van der Waals surface area contributed by atoms with Crippen LogP contribution in [0.3, 0.4) is 0 Å². The first-order chi connectivity index (χ1) is 17.4. The summed E-state index contributed by atoms with van der Waals surface area (Å²) in [4.78, 5) is 25.4.